The van der Waals surface area contributed by atoms with Crippen molar-refractivity contribution in [1.82, 2.24) is 4.90 Å². The van der Waals surface area contributed by atoms with Gasteiger partial charge in [-0.05, 0) is 42.7 Å². The van der Waals surface area contributed by atoms with Crippen LogP contribution >= 0.6 is 0 Å². The van der Waals surface area contributed by atoms with Gasteiger partial charge in [0.2, 0.25) is 11.6 Å². The molecular formula is C24H29NO7S. The maximum absolute atomic E-state index is 13.2. The third-order valence-corrected chi connectivity index (χ3v) is 7.57. The van der Waals surface area contributed by atoms with E-state index in [1.165, 1.54) is 0 Å². The first kappa shape index (κ1) is 23.8. The minimum absolute atomic E-state index is 0.0176. The predicted octanol–water partition coefficient (Wildman–Crippen LogP) is 2.93. The molecular weight excluding hydrogens is 446 g/mol. The third-order valence-electron chi connectivity index (χ3n) is 6.87. The molecule has 1 aromatic heterocycles. The van der Waals surface area contributed by atoms with Gasteiger partial charge in [0.25, 0.3) is 10.1 Å². The van der Waals surface area contributed by atoms with Crippen LogP contribution in [0.2, 0.25) is 0 Å². The molecule has 33 heavy (non-hydrogen) atoms. The van der Waals surface area contributed by atoms with Crippen LogP contribution in [0.4, 0.5) is 0 Å². The molecule has 4 rings (SSSR count). The average Bonchev–Trinajstić information content (AvgIpc) is 3.05. The van der Waals surface area contributed by atoms with Crippen molar-refractivity contribution in [2.45, 2.75) is 52.0 Å². The van der Waals surface area contributed by atoms with Crippen molar-refractivity contribution in [3.05, 3.63) is 45.7 Å². The number of carbonyl (C=O) groups is 2. The number of ketones is 2. The topological polar surface area (TPSA) is 125 Å². The number of hydrogen-bond donors (Lipinski definition) is 2. The Bertz CT molecular complexity index is 1240. The molecule has 0 unspecified atom stereocenters. The van der Waals surface area contributed by atoms with Crippen molar-refractivity contribution < 1.29 is 32.1 Å². The molecule has 0 saturated heterocycles. The van der Waals surface area contributed by atoms with Crippen molar-refractivity contribution in [3.8, 4) is 11.3 Å². The number of aliphatic hydroxyl groups is 1. The summed E-state index contributed by atoms with van der Waals surface area (Å²) < 4.78 is 37.5. The summed E-state index contributed by atoms with van der Waals surface area (Å²) in [7, 11) is -4.17. The fourth-order valence-corrected chi connectivity index (χ4v) is 5.58. The number of hydrogen-bond acceptors (Lipinski definition) is 7. The van der Waals surface area contributed by atoms with Gasteiger partial charge in [0.15, 0.2) is 0 Å². The van der Waals surface area contributed by atoms with Gasteiger partial charge >= 0.3 is 0 Å². The van der Waals surface area contributed by atoms with E-state index < -0.39 is 27.4 Å². The first-order valence-electron chi connectivity index (χ1n) is 11.1. The number of benzene rings is 1. The maximum Gasteiger partial charge on any atom is 0.266 e. The number of furan rings is 1. The van der Waals surface area contributed by atoms with E-state index in [-0.39, 0.29) is 37.2 Å². The second-order valence-corrected chi connectivity index (χ2v) is 11.1. The van der Waals surface area contributed by atoms with Crippen LogP contribution in [-0.2, 0) is 28.5 Å². The first-order valence-corrected chi connectivity index (χ1v) is 12.7. The average molecular weight is 476 g/mol. The quantitative estimate of drug-likeness (QED) is 0.463. The number of nitrogens with zero attached hydrogens (tertiary/aromatic N) is 1. The lowest BCUT2D eigenvalue weighted by Gasteiger charge is -2.34. The standard InChI is InChI=1S/C24H29NO7S/c1-14-18(13-25(9-11-26)10-12-33(29,30)31)32-23-16-6-7-17-15(5-4-8-24(17,2)3)20(16)22(28)21(27)19(14)23/h6-7,26H,4-5,8-13H2,1-3H3,(H,29,30,31). The Morgan fingerprint density at radius 1 is 1.12 bits per heavy atom. The molecule has 2 aromatic rings. The highest BCUT2D eigenvalue weighted by Gasteiger charge is 2.40. The monoisotopic (exact) mass is 475 g/mol. The molecule has 0 radical (unpaired) electrons. The summed E-state index contributed by atoms with van der Waals surface area (Å²) in [5.74, 6) is -0.799. The van der Waals surface area contributed by atoms with Crippen LogP contribution < -0.4 is 0 Å². The van der Waals surface area contributed by atoms with E-state index in [9.17, 15) is 23.1 Å². The normalized spacial score (nSPS) is 17.2. The van der Waals surface area contributed by atoms with Gasteiger partial charge in [-0.2, -0.15) is 8.42 Å². The summed E-state index contributed by atoms with van der Waals surface area (Å²) >= 11 is 0. The molecule has 8 nitrogen and oxygen atoms in total. The molecule has 1 aromatic carbocycles. The SMILES string of the molecule is Cc1c(CN(CCO)CCS(=O)(=O)O)oc2c1C(=O)C(=O)c1c-2ccc2c1CCCC2(C)C. The molecule has 2 aliphatic carbocycles. The van der Waals surface area contributed by atoms with Gasteiger partial charge in [-0.3, -0.25) is 19.0 Å². The molecule has 0 saturated carbocycles. The van der Waals surface area contributed by atoms with Crippen LogP contribution in [0.3, 0.4) is 0 Å². The summed E-state index contributed by atoms with van der Waals surface area (Å²) in [6.07, 6.45) is 2.69. The highest BCUT2D eigenvalue weighted by Crippen LogP contribution is 2.45. The van der Waals surface area contributed by atoms with Gasteiger partial charge in [0, 0.05) is 29.8 Å². The molecule has 1 heterocycles. The van der Waals surface area contributed by atoms with Gasteiger partial charge in [-0.25, -0.2) is 0 Å². The Morgan fingerprint density at radius 2 is 1.82 bits per heavy atom. The van der Waals surface area contributed by atoms with Crippen molar-refractivity contribution in [3.63, 3.8) is 0 Å². The van der Waals surface area contributed by atoms with Gasteiger partial charge in [-0.15, -0.1) is 0 Å². The van der Waals surface area contributed by atoms with E-state index in [1.54, 1.807) is 11.8 Å². The molecule has 0 atom stereocenters. The Hall–Kier alpha value is -2.33. The molecule has 0 aliphatic heterocycles. The van der Waals surface area contributed by atoms with Crippen molar-refractivity contribution in [2.75, 3.05) is 25.4 Å². The highest BCUT2D eigenvalue weighted by atomic mass is 32.2. The lowest BCUT2D eigenvalue weighted by molar-refractivity contribution is 0.0813. The summed E-state index contributed by atoms with van der Waals surface area (Å²) in [6, 6.07) is 3.89. The second-order valence-electron chi connectivity index (χ2n) is 9.55. The summed E-state index contributed by atoms with van der Waals surface area (Å²) in [6.45, 7) is 6.06. The van der Waals surface area contributed by atoms with Crippen molar-refractivity contribution in [2.24, 2.45) is 0 Å². The van der Waals surface area contributed by atoms with Crippen LogP contribution in [0.1, 0.15) is 69.9 Å². The number of Topliss-reactive ketones (excluding diaryl/α,β-unsaturated/α-hetero) is 2. The van der Waals surface area contributed by atoms with Gasteiger partial charge in [0.1, 0.15) is 11.5 Å². The van der Waals surface area contributed by atoms with Gasteiger partial charge in [-0.1, -0.05) is 26.0 Å². The zero-order valence-corrected chi connectivity index (χ0v) is 19.9. The minimum atomic E-state index is -4.17. The Balaban J connectivity index is 1.77. The van der Waals surface area contributed by atoms with E-state index in [2.05, 4.69) is 13.8 Å². The lowest BCUT2D eigenvalue weighted by Crippen LogP contribution is -2.31. The van der Waals surface area contributed by atoms with Crippen LogP contribution in [0.5, 0.6) is 0 Å². The molecule has 0 amide bonds. The van der Waals surface area contributed by atoms with E-state index in [4.69, 9.17) is 8.97 Å². The van der Waals surface area contributed by atoms with Crippen LogP contribution in [0, 0.1) is 6.92 Å². The Kier molecular flexibility index (Phi) is 6.11. The Labute approximate surface area is 193 Å². The summed E-state index contributed by atoms with van der Waals surface area (Å²) in [4.78, 5) is 28.0. The van der Waals surface area contributed by atoms with Crippen LogP contribution in [-0.4, -0.2) is 60.0 Å². The first-order chi connectivity index (χ1) is 15.4. The van der Waals surface area contributed by atoms with E-state index in [1.807, 2.05) is 12.1 Å². The second kappa shape index (κ2) is 8.47. The summed E-state index contributed by atoms with van der Waals surface area (Å²) in [5, 5.41) is 9.35. The number of rotatable bonds is 7. The maximum atomic E-state index is 13.2. The lowest BCUT2D eigenvalue weighted by atomic mass is 9.69. The Morgan fingerprint density at radius 3 is 2.48 bits per heavy atom. The fraction of sp³-hybridized carbons (Fsp3) is 0.500. The van der Waals surface area contributed by atoms with E-state index in [0.717, 1.165) is 30.4 Å². The van der Waals surface area contributed by atoms with Gasteiger partial charge in [0.05, 0.1) is 24.5 Å². The van der Waals surface area contributed by atoms with Crippen LogP contribution in [0.15, 0.2) is 16.5 Å². The number of carbonyl (C=O) groups excluding carboxylic acids is 2. The predicted molar refractivity (Wildman–Crippen MR) is 122 cm³/mol. The third kappa shape index (κ3) is 4.30. The van der Waals surface area contributed by atoms with E-state index >= 15 is 0 Å². The number of fused-ring (bicyclic) bond motifs is 5. The smallest absolute Gasteiger partial charge is 0.266 e. The minimum Gasteiger partial charge on any atom is -0.459 e. The molecule has 9 heteroatoms. The van der Waals surface area contributed by atoms with Crippen molar-refractivity contribution in [1.29, 1.82) is 0 Å². The molecule has 178 valence electrons. The molecule has 2 aliphatic rings. The molecule has 2 N–H and O–H groups in total. The zero-order valence-electron chi connectivity index (χ0n) is 19.1. The van der Waals surface area contributed by atoms with E-state index in [0.29, 0.717) is 28.2 Å². The largest absolute Gasteiger partial charge is 0.459 e. The number of aliphatic hydroxyl groups excluding tert-OH is 1. The highest BCUT2D eigenvalue weighted by molar-refractivity contribution is 7.85. The fourth-order valence-electron chi connectivity index (χ4n) is 5.09. The molecule has 0 bridgehead atoms. The van der Waals surface area contributed by atoms with Gasteiger partial charge < -0.3 is 9.52 Å². The van der Waals surface area contributed by atoms with Crippen LogP contribution in [0.25, 0.3) is 11.3 Å². The van der Waals surface area contributed by atoms with Crippen molar-refractivity contribution >= 4 is 21.7 Å². The summed E-state index contributed by atoms with van der Waals surface area (Å²) in [5.41, 5.74) is 3.79. The zero-order chi connectivity index (χ0) is 24.1. The molecule has 0 fully saturated rings. The molecule has 0 spiro atoms.